The molecule has 0 bridgehead atoms. The van der Waals surface area contributed by atoms with Gasteiger partial charge in [-0.05, 0) is 127 Å². The van der Waals surface area contributed by atoms with E-state index in [1.165, 1.54) is 11.8 Å². The minimum absolute atomic E-state index is 0.0189. The average molecular weight is 868 g/mol. The molecule has 3 N–H and O–H groups in total. The molecule has 0 saturated carbocycles. The second kappa shape index (κ2) is 25.4. The maximum atomic E-state index is 12.4. The maximum absolute atomic E-state index is 12.4. The molecule has 0 aliphatic carbocycles. The van der Waals surface area contributed by atoms with E-state index in [1.54, 1.807) is 84.2 Å². The molecule has 0 fully saturated rings. The van der Waals surface area contributed by atoms with Gasteiger partial charge in [0, 0.05) is 48.9 Å². The number of nitrogen functional groups attached to an aromatic ring is 1. The minimum atomic E-state index is -0.0728. The highest BCUT2D eigenvalue weighted by Crippen LogP contribution is 2.25. The lowest BCUT2D eigenvalue weighted by molar-refractivity contribution is 0.103. The van der Waals surface area contributed by atoms with Gasteiger partial charge in [-0.2, -0.15) is 0 Å². The van der Waals surface area contributed by atoms with E-state index in [-0.39, 0.29) is 11.6 Å². The van der Waals surface area contributed by atoms with E-state index < -0.39 is 0 Å². The van der Waals surface area contributed by atoms with Gasteiger partial charge in [0.05, 0.1) is 5.03 Å². The average Bonchev–Trinajstić information content (AvgIpc) is 3.26. The van der Waals surface area contributed by atoms with Gasteiger partial charge in [-0.1, -0.05) is 83.9 Å². The molecule has 0 atom stereocenters. The molecule has 298 valence electrons. The monoisotopic (exact) mass is 866 g/mol. The highest BCUT2D eigenvalue weighted by atomic mass is 35.5. The minimum Gasteiger partial charge on any atom is -0.489 e. The van der Waals surface area contributed by atoms with Crippen LogP contribution >= 0.6 is 58.5 Å². The van der Waals surface area contributed by atoms with Gasteiger partial charge in [0.2, 0.25) is 0 Å². The molecule has 58 heavy (non-hydrogen) atoms. The van der Waals surface area contributed by atoms with Gasteiger partial charge in [-0.15, -0.1) is 35.3 Å². The van der Waals surface area contributed by atoms with Crippen LogP contribution in [0.1, 0.15) is 31.8 Å². The van der Waals surface area contributed by atoms with Crippen molar-refractivity contribution in [1.82, 2.24) is 0 Å². The first kappa shape index (κ1) is 45.7. The molecule has 0 heterocycles. The Morgan fingerprint density at radius 3 is 1.38 bits per heavy atom. The normalized spacial score (nSPS) is 10.5. The summed E-state index contributed by atoms with van der Waals surface area (Å²) >= 11 is 16.2. The molecule has 0 unspecified atom stereocenters. The molecule has 0 amide bonds. The zero-order valence-corrected chi connectivity index (χ0v) is 36.2. The van der Waals surface area contributed by atoms with Crippen molar-refractivity contribution in [2.24, 2.45) is 0 Å². The fourth-order valence-corrected chi connectivity index (χ4v) is 6.60. The fraction of sp³-hybridized carbons (Fsp3) is 0.106. The molecule has 6 rings (SSSR count). The van der Waals surface area contributed by atoms with Gasteiger partial charge in [0.1, 0.15) is 24.7 Å². The van der Waals surface area contributed by atoms with Gasteiger partial charge >= 0.3 is 0 Å². The van der Waals surface area contributed by atoms with Crippen molar-refractivity contribution in [2.75, 3.05) is 29.8 Å². The number of rotatable bonds is 15. The molecular formula is C47H44Cl2N2O4S3. The lowest BCUT2D eigenvalue weighted by atomic mass is 10.1. The van der Waals surface area contributed by atoms with Gasteiger partial charge < -0.3 is 20.5 Å². The Bertz CT molecular complexity index is 2200. The molecule has 6 nitrogen and oxygen atoms in total. The number of anilines is 2. The summed E-state index contributed by atoms with van der Waals surface area (Å²) in [7, 11) is 0. The summed E-state index contributed by atoms with van der Waals surface area (Å²) in [5, 5.41) is 5.28. The number of ether oxygens (including phenoxy) is 2. The number of ketones is 2. The topological polar surface area (TPSA) is 90.7 Å². The SMILES string of the molecule is CS/C(=C\C(=O)c1ccc(Cl)cc1)Nc1ccc(OCc2ccccc2)cc1.CSC(=CC(=O)c1ccc(Cl)cc1)SC.Nc1ccc(OCc2ccccc2)cc1. The van der Waals surface area contributed by atoms with Crippen LogP contribution in [0.15, 0.2) is 179 Å². The first-order chi connectivity index (χ1) is 28.1. The second-order valence-electron chi connectivity index (χ2n) is 12.1. The highest BCUT2D eigenvalue weighted by Gasteiger charge is 2.07. The summed E-state index contributed by atoms with van der Waals surface area (Å²) in [6.07, 6.45) is 9.08. The van der Waals surface area contributed by atoms with Crippen LogP contribution in [0.5, 0.6) is 11.5 Å². The highest BCUT2D eigenvalue weighted by molar-refractivity contribution is 8.21. The van der Waals surface area contributed by atoms with E-state index in [2.05, 4.69) is 5.32 Å². The number of benzene rings is 6. The lowest BCUT2D eigenvalue weighted by Gasteiger charge is -2.10. The summed E-state index contributed by atoms with van der Waals surface area (Å²) in [6, 6.07) is 49.0. The Morgan fingerprint density at radius 1 is 0.552 bits per heavy atom. The molecule has 0 saturated heterocycles. The summed E-state index contributed by atoms with van der Waals surface area (Å²) < 4.78 is 12.4. The van der Waals surface area contributed by atoms with Gasteiger partial charge in [-0.25, -0.2) is 0 Å². The number of nitrogens with one attached hydrogen (secondary N) is 1. The van der Waals surface area contributed by atoms with Crippen molar-refractivity contribution < 1.29 is 19.1 Å². The smallest absolute Gasteiger partial charge is 0.188 e. The van der Waals surface area contributed by atoms with Crippen molar-refractivity contribution in [3.63, 3.8) is 0 Å². The van der Waals surface area contributed by atoms with Crippen LogP contribution < -0.4 is 20.5 Å². The third-order valence-electron chi connectivity index (χ3n) is 7.89. The van der Waals surface area contributed by atoms with Crippen LogP contribution in [0.2, 0.25) is 10.0 Å². The number of halogens is 2. The summed E-state index contributed by atoms with van der Waals surface area (Å²) in [5.74, 6) is 1.58. The van der Waals surface area contributed by atoms with Crippen molar-refractivity contribution >= 4 is 81.4 Å². The Kier molecular flexibility index (Phi) is 20.0. The number of allylic oxidation sites excluding steroid dienone is 2. The van der Waals surface area contributed by atoms with E-state index in [0.29, 0.717) is 34.4 Å². The van der Waals surface area contributed by atoms with Crippen LogP contribution in [-0.2, 0) is 13.2 Å². The maximum Gasteiger partial charge on any atom is 0.188 e. The molecule has 0 radical (unpaired) electrons. The van der Waals surface area contributed by atoms with Gasteiger partial charge in [0.15, 0.2) is 11.6 Å². The first-order valence-electron chi connectivity index (χ1n) is 17.9. The lowest BCUT2D eigenvalue weighted by Crippen LogP contribution is -2.01. The van der Waals surface area contributed by atoms with Crippen LogP contribution in [-0.4, -0.2) is 30.3 Å². The predicted molar refractivity (Wildman–Crippen MR) is 251 cm³/mol. The van der Waals surface area contributed by atoms with E-state index in [9.17, 15) is 9.59 Å². The molecule has 0 spiro atoms. The molecule has 0 aliphatic rings. The van der Waals surface area contributed by atoms with Crippen LogP contribution in [0.4, 0.5) is 11.4 Å². The van der Waals surface area contributed by atoms with Gasteiger partial charge in [0.25, 0.3) is 0 Å². The van der Waals surface area contributed by atoms with E-state index in [1.807, 2.05) is 128 Å². The third-order valence-corrected chi connectivity index (χ3v) is 11.1. The fourth-order valence-electron chi connectivity index (χ4n) is 4.79. The van der Waals surface area contributed by atoms with Crippen molar-refractivity contribution in [3.05, 3.63) is 211 Å². The summed E-state index contributed by atoms with van der Waals surface area (Å²) in [4.78, 5) is 24.1. The van der Waals surface area contributed by atoms with Gasteiger partial charge in [-0.3, -0.25) is 9.59 Å². The van der Waals surface area contributed by atoms with Crippen LogP contribution in [0.25, 0.3) is 0 Å². The van der Waals surface area contributed by atoms with E-state index in [4.69, 9.17) is 38.4 Å². The molecule has 6 aromatic rings. The number of nitrogens with two attached hydrogens (primary N) is 1. The molecule has 11 heteroatoms. The summed E-state index contributed by atoms with van der Waals surface area (Å²) in [5.41, 5.74) is 10.8. The number of thioether (sulfide) groups is 3. The zero-order valence-electron chi connectivity index (χ0n) is 32.3. The Balaban J connectivity index is 0.000000210. The van der Waals surface area contributed by atoms with Crippen molar-refractivity contribution in [1.29, 1.82) is 0 Å². The Morgan fingerprint density at radius 2 is 0.966 bits per heavy atom. The Hall–Kier alpha value is -5.03. The molecule has 0 aliphatic heterocycles. The quantitative estimate of drug-likeness (QED) is 0.0595. The van der Waals surface area contributed by atoms with E-state index in [0.717, 1.165) is 43.3 Å². The van der Waals surface area contributed by atoms with E-state index >= 15 is 0 Å². The molecule has 0 aromatic heterocycles. The number of carbonyl (C=O) groups is 2. The molecular weight excluding hydrogens is 824 g/mol. The van der Waals surface area contributed by atoms with Crippen LogP contribution in [0.3, 0.4) is 0 Å². The predicted octanol–water partition coefficient (Wildman–Crippen LogP) is 13.4. The standard InChI is InChI=1S/C23H20ClNO2S.C13H13NO.C11H11ClOS2/c1-28-23(15-22(26)18-7-9-19(24)10-8-18)25-20-11-13-21(14-12-20)27-16-17-5-3-2-4-6-17;14-12-6-8-13(9-7-12)15-10-11-4-2-1-3-5-11;1-14-11(15-2)7-10(13)8-3-5-9(12)6-4-8/h2-15,25H,16H2,1H3;1-9H,10,14H2;3-7H,1-2H3/b23-15-;;. The number of hydrogen-bond donors (Lipinski definition) is 2. The third kappa shape index (κ3) is 16.8. The number of hydrogen-bond acceptors (Lipinski definition) is 9. The molecule has 6 aromatic carbocycles. The Labute approximate surface area is 364 Å². The number of carbonyl (C=O) groups excluding carboxylic acids is 2. The first-order valence-corrected chi connectivity index (χ1v) is 22.3. The van der Waals surface area contributed by atoms with Crippen molar-refractivity contribution in [2.45, 2.75) is 13.2 Å². The van der Waals surface area contributed by atoms with Crippen LogP contribution in [0, 0.1) is 0 Å². The zero-order chi connectivity index (χ0) is 41.5. The summed E-state index contributed by atoms with van der Waals surface area (Å²) in [6.45, 7) is 1.12. The second-order valence-corrected chi connectivity index (χ2v) is 15.8. The van der Waals surface area contributed by atoms with Crippen molar-refractivity contribution in [3.8, 4) is 11.5 Å². The largest absolute Gasteiger partial charge is 0.489 e.